The third-order valence-electron chi connectivity index (χ3n) is 1.76. The van der Waals surface area contributed by atoms with E-state index in [1.807, 2.05) is 24.3 Å². The van der Waals surface area contributed by atoms with Crippen LogP contribution in [0, 0.1) is 0 Å². The van der Waals surface area contributed by atoms with Crippen molar-refractivity contribution in [3.63, 3.8) is 0 Å². The second-order valence-electron chi connectivity index (χ2n) is 2.81. The fourth-order valence-electron chi connectivity index (χ4n) is 1.10. The summed E-state index contributed by atoms with van der Waals surface area (Å²) in [6.45, 7) is 0. The van der Waals surface area contributed by atoms with E-state index in [4.69, 9.17) is 5.84 Å². The zero-order chi connectivity index (χ0) is 10.5. The highest BCUT2D eigenvalue weighted by molar-refractivity contribution is 7.99. The Labute approximate surface area is 91.9 Å². The lowest BCUT2D eigenvalue weighted by atomic mass is 10.5. The quantitative estimate of drug-likeness (QED) is 0.608. The molecule has 2 aromatic rings. The van der Waals surface area contributed by atoms with Crippen LogP contribution >= 0.6 is 11.8 Å². The summed E-state index contributed by atoms with van der Waals surface area (Å²) in [6, 6.07) is 7.75. The van der Waals surface area contributed by atoms with Crippen molar-refractivity contribution >= 4 is 17.6 Å². The van der Waals surface area contributed by atoms with Gasteiger partial charge in [0.1, 0.15) is 5.82 Å². The molecule has 0 aliphatic carbocycles. The van der Waals surface area contributed by atoms with Gasteiger partial charge in [0.05, 0.1) is 0 Å². The Balaban J connectivity index is 2.17. The fourth-order valence-corrected chi connectivity index (χ4v) is 1.93. The molecular formula is C10H10N4S. The van der Waals surface area contributed by atoms with Gasteiger partial charge < -0.3 is 5.43 Å². The summed E-state index contributed by atoms with van der Waals surface area (Å²) in [5.41, 5.74) is 2.52. The molecule has 5 heteroatoms. The molecule has 0 spiro atoms. The molecule has 0 aliphatic rings. The second-order valence-corrected chi connectivity index (χ2v) is 3.95. The van der Waals surface area contributed by atoms with Crippen LogP contribution in [0.2, 0.25) is 0 Å². The lowest BCUT2D eigenvalue weighted by molar-refractivity contribution is 1.19. The van der Waals surface area contributed by atoms with Crippen LogP contribution in [0.1, 0.15) is 0 Å². The minimum atomic E-state index is 0.661. The molecule has 0 radical (unpaired) electrons. The molecule has 0 fully saturated rings. The molecule has 0 saturated heterocycles. The largest absolute Gasteiger partial charge is 0.308 e. The number of aromatic nitrogens is 2. The van der Waals surface area contributed by atoms with E-state index >= 15 is 0 Å². The fraction of sp³-hybridized carbons (Fsp3) is 0. The number of hydrogen-bond donors (Lipinski definition) is 2. The minimum absolute atomic E-state index is 0.661. The van der Waals surface area contributed by atoms with Crippen molar-refractivity contribution in [3.05, 3.63) is 42.9 Å². The summed E-state index contributed by atoms with van der Waals surface area (Å²) in [6.07, 6.45) is 5.26. The molecule has 2 heterocycles. The molecule has 0 aromatic carbocycles. The Morgan fingerprint density at radius 1 is 1.07 bits per heavy atom. The van der Waals surface area contributed by atoms with Gasteiger partial charge in [-0.05, 0) is 24.3 Å². The number of pyridine rings is 2. The summed E-state index contributed by atoms with van der Waals surface area (Å²) in [5, 5.41) is 0. The molecule has 0 saturated carbocycles. The zero-order valence-corrected chi connectivity index (χ0v) is 8.74. The number of nitrogens with zero attached hydrogens (tertiary/aromatic N) is 2. The van der Waals surface area contributed by atoms with Gasteiger partial charge in [0.2, 0.25) is 0 Å². The lowest BCUT2D eigenvalue weighted by Gasteiger charge is -2.03. The van der Waals surface area contributed by atoms with Crippen LogP contribution < -0.4 is 11.3 Å². The molecule has 0 amide bonds. The van der Waals surface area contributed by atoms with E-state index in [1.54, 1.807) is 30.4 Å². The van der Waals surface area contributed by atoms with Crippen LogP contribution in [0.25, 0.3) is 0 Å². The van der Waals surface area contributed by atoms with Crippen molar-refractivity contribution in [2.24, 2.45) is 5.84 Å². The van der Waals surface area contributed by atoms with Crippen LogP contribution in [-0.2, 0) is 0 Å². The molecule has 0 bridgehead atoms. The molecule has 76 valence electrons. The Morgan fingerprint density at radius 2 is 1.80 bits per heavy atom. The number of anilines is 1. The van der Waals surface area contributed by atoms with Crippen molar-refractivity contribution in [1.82, 2.24) is 9.97 Å². The maximum Gasteiger partial charge on any atom is 0.140 e. The Hall–Kier alpha value is -1.59. The van der Waals surface area contributed by atoms with Gasteiger partial charge in [-0.2, -0.15) is 0 Å². The summed E-state index contributed by atoms with van der Waals surface area (Å²) >= 11 is 1.64. The van der Waals surface area contributed by atoms with E-state index in [-0.39, 0.29) is 0 Å². The van der Waals surface area contributed by atoms with Crippen molar-refractivity contribution < 1.29 is 0 Å². The Kier molecular flexibility index (Phi) is 3.16. The van der Waals surface area contributed by atoms with Crippen molar-refractivity contribution in [2.45, 2.75) is 9.79 Å². The highest BCUT2D eigenvalue weighted by Gasteiger charge is 1.98. The maximum atomic E-state index is 5.28. The smallest absolute Gasteiger partial charge is 0.140 e. The maximum absolute atomic E-state index is 5.28. The highest BCUT2D eigenvalue weighted by atomic mass is 32.2. The van der Waals surface area contributed by atoms with E-state index in [1.165, 1.54) is 0 Å². The van der Waals surface area contributed by atoms with Crippen LogP contribution in [0.15, 0.2) is 52.6 Å². The summed E-state index contributed by atoms with van der Waals surface area (Å²) in [4.78, 5) is 10.2. The predicted molar refractivity (Wildman–Crippen MR) is 60.4 cm³/mol. The van der Waals surface area contributed by atoms with Crippen LogP contribution in [-0.4, -0.2) is 9.97 Å². The normalized spacial score (nSPS) is 9.93. The molecule has 0 unspecified atom stereocenters. The first-order chi connectivity index (χ1) is 7.38. The molecule has 3 N–H and O–H groups in total. The van der Waals surface area contributed by atoms with Crippen LogP contribution in [0.3, 0.4) is 0 Å². The number of nitrogens with one attached hydrogen (secondary N) is 1. The van der Waals surface area contributed by atoms with Crippen molar-refractivity contribution in [1.29, 1.82) is 0 Å². The summed E-state index contributed by atoms with van der Waals surface area (Å²) in [5.74, 6) is 5.94. The number of nitrogens with two attached hydrogens (primary N) is 1. The molecular weight excluding hydrogens is 208 g/mol. The van der Waals surface area contributed by atoms with Gasteiger partial charge >= 0.3 is 0 Å². The number of rotatable bonds is 3. The first-order valence-electron chi connectivity index (χ1n) is 4.39. The standard InChI is InChI=1S/C10H10N4S/c11-14-10-7-9(3-6-13-10)15-8-1-4-12-5-2-8/h1-7H,11H2,(H,13,14). The van der Waals surface area contributed by atoms with Crippen molar-refractivity contribution in [2.75, 3.05) is 5.43 Å². The SMILES string of the molecule is NNc1cc(Sc2ccncc2)ccn1. The topological polar surface area (TPSA) is 63.8 Å². The third kappa shape index (κ3) is 2.68. The first kappa shape index (κ1) is 9.95. The molecule has 2 aromatic heterocycles. The van der Waals surface area contributed by atoms with E-state index < -0.39 is 0 Å². The highest BCUT2D eigenvalue weighted by Crippen LogP contribution is 2.27. The lowest BCUT2D eigenvalue weighted by Crippen LogP contribution is -2.07. The number of hydrogen-bond acceptors (Lipinski definition) is 5. The molecule has 0 atom stereocenters. The Bertz CT molecular complexity index is 432. The molecule has 4 nitrogen and oxygen atoms in total. The molecule has 15 heavy (non-hydrogen) atoms. The summed E-state index contributed by atoms with van der Waals surface area (Å²) < 4.78 is 0. The van der Waals surface area contributed by atoms with E-state index in [0.717, 1.165) is 9.79 Å². The van der Waals surface area contributed by atoms with Gasteiger partial charge in [0.25, 0.3) is 0 Å². The number of hydrazine groups is 1. The van der Waals surface area contributed by atoms with Gasteiger partial charge in [0.15, 0.2) is 0 Å². The van der Waals surface area contributed by atoms with E-state index in [0.29, 0.717) is 5.82 Å². The zero-order valence-electron chi connectivity index (χ0n) is 7.92. The van der Waals surface area contributed by atoms with Crippen LogP contribution in [0.4, 0.5) is 5.82 Å². The predicted octanol–water partition coefficient (Wildman–Crippen LogP) is 1.91. The first-order valence-corrected chi connectivity index (χ1v) is 5.20. The Morgan fingerprint density at radius 3 is 2.53 bits per heavy atom. The third-order valence-corrected chi connectivity index (χ3v) is 2.76. The second kappa shape index (κ2) is 4.77. The average Bonchev–Trinajstić information content (AvgIpc) is 2.31. The van der Waals surface area contributed by atoms with Gasteiger partial charge in [-0.25, -0.2) is 10.8 Å². The molecule has 0 aliphatic heterocycles. The van der Waals surface area contributed by atoms with Gasteiger partial charge in [-0.1, -0.05) is 11.8 Å². The minimum Gasteiger partial charge on any atom is -0.308 e. The average molecular weight is 218 g/mol. The van der Waals surface area contributed by atoms with Gasteiger partial charge in [-0.3, -0.25) is 4.98 Å². The van der Waals surface area contributed by atoms with Gasteiger partial charge in [0, 0.05) is 28.4 Å². The van der Waals surface area contributed by atoms with Crippen molar-refractivity contribution in [3.8, 4) is 0 Å². The van der Waals surface area contributed by atoms with E-state index in [2.05, 4.69) is 15.4 Å². The van der Waals surface area contributed by atoms with Crippen LogP contribution in [0.5, 0.6) is 0 Å². The molecule has 2 rings (SSSR count). The monoisotopic (exact) mass is 218 g/mol. The van der Waals surface area contributed by atoms with Gasteiger partial charge in [-0.15, -0.1) is 0 Å². The van der Waals surface area contributed by atoms with E-state index in [9.17, 15) is 0 Å². The summed E-state index contributed by atoms with van der Waals surface area (Å²) in [7, 11) is 0. The number of nitrogen functional groups attached to an aromatic ring is 1.